The number of hydrogen-bond acceptors (Lipinski definition) is 6. The van der Waals surface area contributed by atoms with Gasteiger partial charge in [-0.25, -0.2) is 9.97 Å². The van der Waals surface area contributed by atoms with Crippen molar-refractivity contribution in [2.45, 2.75) is 32.2 Å². The molecule has 0 spiro atoms. The number of ether oxygens (including phenoxy) is 2. The number of methoxy groups -OCH3 is 1. The molecular weight excluding hydrogens is 362 g/mol. The average Bonchev–Trinajstić information content (AvgIpc) is 3.27. The summed E-state index contributed by atoms with van der Waals surface area (Å²) >= 11 is 1.70. The lowest BCUT2D eigenvalue weighted by atomic mass is 10.1. The highest BCUT2D eigenvalue weighted by molar-refractivity contribution is 7.18. The number of hydrogen-bond donors (Lipinski definition) is 1. The summed E-state index contributed by atoms with van der Waals surface area (Å²) in [6.07, 6.45) is 4.77. The summed E-state index contributed by atoms with van der Waals surface area (Å²) in [5, 5.41) is 3.92. The fraction of sp³-hybridized carbons (Fsp3) is 0.350. The molecule has 0 saturated carbocycles. The number of benzene rings is 1. The number of nitrogens with one attached hydrogen (secondary N) is 1. The van der Waals surface area contributed by atoms with Gasteiger partial charge < -0.3 is 14.8 Å². The van der Waals surface area contributed by atoms with Gasteiger partial charge in [0, 0.05) is 10.4 Å². The van der Waals surface area contributed by atoms with E-state index >= 15 is 0 Å². The molecule has 0 saturated heterocycles. The molecule has 0 aliphatic heterocycles. The second-order valence-corrected chi connectivity index (χ2v) is 7.62. The quantitative estimate of drug-likeness (QED) is 0.706. The molecule has 7 heteroatoms. The molecule has 3 aromatic rings. The van der Waals surface area contributed by atoms with Crippen LogP contribution in [0.15, 0.2) is 30.6 Å². The van der Waals surface area contributed by atoms with Crippen molar-refractivity contribution in [3.05, 3.63) is 46.6 Å². The molecule has 1 aliphatic carbocycles. The van der Waals surface area contributed by atoms with Gasteiger partial charge in [-0.05, 0) is 37.8 Å². The number of amides is 1. The number of rotatable bonds is 6. The first-order valence-corrected chi connectivity index (χ1v) is 9.79. The van der Waals surface area contributed by atoms with E-state index in [1.54, 1.807) is 18.4 Å². The van der Waals surface area contributed by atoms with Crippen LogP contribution in [0.1, 0.15) is 35.4 Å². The maximum absolute atomic E-state index is 12.4. The van der Waals surface area contributed by atoms with Crippen LogP contribution in [0.2, 0.25) is 0 Å². The monoisotopic (exact) mass is 383 g/mol. The zero-order chi connectivity index (χ0) is 18.8. The predicted molar refractivity (Wildman–Crippen MR) is 104 cm³/mol. The molecule has 0 fully saturated rings. The molecule has 6 nitrogen and oxygen atoms in total. The summed E-state index contributed by atoms with van der Waals surface area (Å²) in [6.45, 7) is 1.83. The van der Waals surface area contributed by atoms with Crippen LogP contribution < -0.4 is 14.8 Å². The van der Waals surface area contributed by atoms with Crippen LogP contribution in [0, 0.1) is 0 Å². The van der Waals surface area contributed by atoms with Crippen LogP contribution in [0.25, 0.3) is 10.2 Å². The molecule has 0 radical (unpaired) electrons. The van der Waals surface area contributed by atoms with Crippen molar-refractivity contribution >= 4 is 27.5 Å². The molecule has 1 aromatic carbocycles. The Morgan fingerprint density at radius 3 is 3.00 bits per heavy atom. The lowest BCUT2D eigenvalue weighted by molar-refractivity contribution is -0.123. The topological polar surface area (TPSA) is 73.3 Å². The zero-order valence-electron chi connectivity index (χ0n) is 15.3. The highest BCUT2D eigenvalue weighted by atomic mass is 32.1. The minimum atomic E-state index is -0.202. The molecule has 27 heavy (non-hydrogen) atoms. The lowest BCUT2D eigenvalue weighted by Crippen LogP contribution is -2.31. The fourth-order valence-electron chi connectivity index (χ4n) is 3.53. The molecule has 1 unspecified atom stereocenters. The van der Waals surface area contributed by atoms with Crippen LogP contribution in [-0.2, 0) is 17.6 Å². The number of aromatic nitrogens is 2. The Hall–Kier alpha value is -2.67. The summed E-state index contributed by atoms with van der Waals surface area (Å²) in [7, 11) is 1.62. The molecular formula is C20H21N3O3S. The van der Waals surface area contributed by atoms with Crippen molar-refractivity contribution in [2.24, 2.45) is 0 Å². The Morgan fingerprint density at radius 1 is 1.30 bits per heavy atom. The van der Waals surface area contributed by atoms with Gasteiger partial charge in [0.25, 0.3) is 5.91 Å². The first-order chi connectivity index (χ1) is 13.2. The smallest absolute Gasteiger partial charge is 0.258 e. The van der Waals surface area contributed by atoms with Gasteiger partial charge in [0.15, 0.2) is 6.61 Å². The number of nitrogens with zero attached hydrogens (tertiary/aromatic N) is 2. The van der Waals surface area contributed by atoms with Crippen LogP contribution in [-0.4, -0.2) is 29.6 Å². The van der Waals surface area contributed by atoms with Gasteiger partial charge in [0.1, 0.15) is 16.9 Å². The summed E-state index contributed by atoms with van der Waals surface area (Å²) in [6, 6.07) is 7.45. The third-order valence-corrected chi connectivity index (χ3v) is 5.99. The molecule has 1 N–H and O–H groups in total. The highest BCUT2D eigenvalue weighted by Gasteiger charge is 2.22. The Bertz CT molecular complexity index is 986. The van der Waals surface area contributed by atoms with Crippen molar-refractivity contribution in [3.8, 4) is 11.6 Å². The first kappa shape index (κ1) is 17.7. The average molecular weight is 383 g/mol. The highest BCUT2D eigenvalue weighted by Crippen LogP contribution is 2.39. The second-order valence-electron chi connectivity index (χ2n) is 6.54. The summed E-state index contributed by atoms with van der Waals surface area (Å²) < 4.78 is 11.1. The van der Waals surface area contributed by atoms with E-state index in [9.17, 15) is 4.79 Å². The Morgan fingerprint density at radius 2 is 2.15 bits per heavy atom. The van der Waals surface area contributed by atoms with Crippen LogP contribution in [0.3, 0.4) is 0 Å². The molecule has 1 aliphatic rings. The Balaban J connectivity index is 1.45. The molecule has 1 amide bonds. The Labute approximate surface area is 161 Å². The molecule has 140 valence electrons. The number of para-hydroxylation sites is 1. The summed E-state index contributed by atoms with van der Waals surface area (Å²) in [5.41, 5.74) is 2.21. The van der Waals surface area contributed by atoms with Crippen molar-refractivity contribution < 1.29 is 14.3 Å². The molecule has 2 aromatic heterocycles. The number of thiophene rings is 1. The number of carbonyl (C=O) groups excluding carboxylic acids is 1. The van der Waals surface area contributed by atoms with Crippen molar-refractivity contribution in [1.82, 2.24) is 15.3 Å². The van der Waals surface area contributed by atoms with E-state index in [0.29, 0.717) is 5.88 Å². The van der Waals surface area contributed by atoms with Crippen LogP contribution >= 0.6 is 11.3 Å². The predicted octanol–water partition coefficient (Wildman–Crippen LogP) is 3.44. The van der Waals surface area contributed by atoms with E-state index in [1.165, 1.54) is 16.8 Å². The summed E-state index contributed by atoms with van der Waals surface area (Å²) in [5.74, 6) is 1.05. The third kappa shape index (κ3) is 3.47. The van der Waals surface area contributed by atoms with Gasteiger partial charge in [0.2, 0.25) is 5.88 Å². The molecule has 4 rings (SSSR count). The van der Waals surface area contributed by atoms with E-state index in [0.717, 1.165) is 40.8 Å². The minimum Gasteiger partial charge on any atom is -0.496 e. The standard InChI is InChI=1S/C20H21N3O3S/c1-12(13-6-3-4-8-15(13)25-2)23-17(24)10-26-19-18-14-7-5-9-16(14)27-20(18)22-11-21-19/h3-4,6,8,11-12H,5,7,9-10H2,1-2H3,(H,23,24). The third-order valence-electron chi connectivity index (χ3n) is 4.79. The van der Waals surface area contributed by atoms with E-state index in [2.05, 4.69) is 15.3 Å². The lowest BCUT2D eigenvalue weighted by Gasteiger charge is -2.17. The van der Waals surface area contributed by atoms with Gasteiger partial charge >= 0.3 is 0 Å². The van der Waals surface area contributed by atoms with Gasteiger partial charge in [-0.3, -0.25) is 4.79 Å². The van der Waals surface area contributed by atoms with Gasteiger partial charge in [-0.15, -0.1) is 11.3 Å². The Kier molecular flexibility index (Phi) is 4.94. The number of aryl methyl sites for hydroxylation is 2. The van der Waals surface area contributed by atoms with Crippen LogP contribution in [0.5, 0.6) is 11.6 Å². The zero-order valence-corrected chi connectivity index (χ0v) is 16.1. The SMILES string of the molecule is COc1ccccc1C(C)NC(=O)COc1ncnc2sc3c(c12)CCC3. The van der Waals surface area contributed by atoms with Gasteiger partial charge in [-0.2, -0.15) is 0 Å². The van der Waals surface area contributed by atoms with E-state index in [1.807, 2.05) is 31.2 Å². The molecule has 1 atom stereocenters. The summed E-state index contributed by atoms with van der Waals surface area (Å²) in [4.78, 5) is 23.3. The largest absolute Gasteiger partial charge is 0.496 e. The normalized spacial score (nSPS) is 14.0. The molecule has 2 heterocycles. The van der Waals surface area contributed by atoms with Crippen LogP contribution in [0.4, 0.5) is 0 Å². The number of fused-ring (bicyclic) bond motifs is 3. The number of carbonyl (C=O) groups is 1. The van der Waals surface area contributed by atoms with E-state index in [4.69, 9.17) is 9.47 Å². The van der Waals surface area contributed by atoms with Crippen molar-refractivity contribution in [1.29, 1.82) is 0 Å². The van der Waals surface area contributed by atoms with Gasteiger partial charge in [-0.1, -0.05) is 18.2 Å². The maximum Gasteiger partial charge on any atom is 0.258 e. The van der Waals surface area contributed by atoms with E-state index in [-0.39, 0.29) is 18.6 Å². The minimum absolute atomic E-state index is 0.0871. The van der Waals surface area contributed by atoms with Crippen molar-refractivity contribution in [3.63, 3.8) is 0 Å². The molecule has 0 bridgehead atoms. The van der Waals surface area contributed by atoms with Gasteiger partial charge in [0.05, 0.1) is 18.5 Å². The van der Waals surface area contributed by atoms with E-state index < -0.39 is 0 Å². The second kappa shape index (κ2) is 7.52. The maximum atomic E-state index is 12.4. The van der Waals surface area contributed by atoms with Crippen molar-refractivity contribution in [2.75, 3.05) is 13.7 Å². The fourth-order valence-corrected chi connectivity index (χ4v) is 4.75. The first-order valence-electron chi connectivity index (χ1n) is 8.97.